The lowest BCUT2D eigenvalue weighted by Crippen LogP contribution is -2.52. The molecule has 9 heteroatoms. The van der Waals surface area contributed by atoms with Gasteiger partial charge >= 0.3 is 0 Å². The van der Waals surface area contributed by atoms with E-state index in [1.807, 2.05) is 30.3 Å². The number of carbonyl (C=O) groups is 3. The number of nitrogens with one attached hydrogen (secondary N) is 1. The first-order chi connectivity index (χ1) is 19.1. The van der Waals surface area contributed by atoms with Crippen LogP contribution < -0.4 is 10.1 Å². The van der Waals surface area contributed by atoms with Crippen molar-refractivity contribution in [1.82, 2.24) is 24.9 Å². The van der Waals surface area contributed by atoms with E-state index in [1.54, 1.807) is 11.1 Å². The van der Waals surface area contributed by atoms with Gasteiger partial charge in [0.1, 0.15) is 11.8 Å². The molecule has 0 unspecified atom stereocenters. The van der Waals surface area contributed by atoms with E-state index < -0.39 is 18.9 Å². The number of aryl methyl sites for hydroxylation is 1. The van der Waals surface area contributed by atoms with Gasteiger partial charge in [0.05, 0.1) is 24.9 Å². The van der Waals surface area contributed by atoms with Crippen LogP contribution in [-0.2, 0) is 35.1 Å². The quantitative estimate of drug-likeness (QED) is 0.552. The Morgan fingerprint density at radius 2 is 2.05 bits per heavy atom. The van der Waals surface area contributed by atoms with Crippen molar-refractivity contribution in [3.63, 3.8) is 0 Å². The zero-order chi connectivity index (χ0) is 27.8. The maximum Gasteiger partial charge on any atom is 0.255 e. The molecular formula is C28H29N5O4. The van der Waals surface area contributed by atoms with Crippen LogP contribution in [0.15, 0.2) is 36.5 Å². The summed E-state index contributed by atoms with van der Waals surface area (Å²) in [7, 11) is 0. The molecule has 0 aliphatic carbocycles. The van der Waals surface area contributed by atoms with Gasteiger partial charge in [-0.05, 0) is 50.0 Å². The lowest BCUT2D eigenvalue weighted by Gasteiger charge is -2.38. The molecule has 0 radical (unpaired) electrons. The van der Waals surface area contributed by atoms with E-state index in [-0.39, 0.29) is 23.7 Å². The standard InChI is InChI=1S/C28H29N5O4/c1-31-23-12-17(2-3-18(23)13-29-31)14-32-10-8-28(9-11-32)16-37-25-20-15-33(22-6-7-24(34)30-26(22)35)27(36)19(20)4-5-21(25)28/h2-5,12-13,22H,6-11,14-16H2,1H3,(H,30,34,35)/t22-/m0/s1/i1D3. The highest BCUT2D eigenvalue weighted by Gasteiger charge is 2.47. The Balaban J connectivity index is 1.07. The van der Waals surface area contributed by atoms with E-state index in [0.29, 0.717) is 37.2 Å². The SMILES string of the molecule is [2H]C([2H])([2H])n1ncc2ccc(CN3CCC4(CC3)COc3c4ccc4c3CN([C@H]3CCC(=O)NC3=O)C4=O)cc21. The summed E-state index contributed by atoms with van der Waals surface area (Å²) < 4.78 is 30.6. The summed E-state index contributed by atoms with van der Waals surface area (Å²) in [5.74, 6) is -0.132. The number of rotatable bonds is 3. The maximum atomic E-state index is 13.2. The Hall–Kier alpha value is -3.72. The number of hydrogen-bond acceptors (Lipinski definition) is 6. The zero-order valence-corrected chi connectivity index (χ0v) is 20.3. The van der Waals surface area contributed by atoms with Crippen molar-refractivity contribution < 1.29 is 23.2 Å². The van der Waals surface area contributed by atoms with Crippen LogP contribution in [0.4, 0.5) is 0 Å². The Morgan fingerprint density at radius 3 is 2.86 bits per heavy atom. The van der Waals surface area contributed by atoms with Gasteiger partial charge in [0, 0.05) is 51.5 Å². The van der Waals surface area contributed by atoms with E-state index in [0.717, 1.165) is 58.4 Å². The summed E-state index contributed by atoms with van der Waals surface area (Å²) in [6, 6.07) is 9.11. The van der Waals surface area contributed by atoms with Crippen LogP contribution in [0.1, 0.15) is 56.8 Å². The first-order valence-corrected chi connectivity index (χ1v) is 12.8. The van der Waals surface area contributed by atoms with E-state index in [1.165, 1.54) is 0 Å². The van der Waals surface area contributed by atoms with Crippen molar-refractivity contribution in [3.05, 3.63) is 58.8 Å². The van der Waals surface area contributed by atoms with E-state index in [9.17, 15) is 14.4 Å². The molecule has 0 saturated carbocycles. The molecule has 7 rings (SSSR count). The molecule has 4 aliphatic rings. The summed E-state index contributed by atoms with van der Waals surface area (Å²) in [6.45, 7) is 0.975. The van der Waals surface area contributed by atoms with E-state index in [2.05, 4.69) is 15.3 Å². The third-order valence-electron chi connectivity index (χ3n) is 8.59. The number of piperidine rings is 2. The second-order valence-corrected chi connectivity index (χ2v) is 10.7. The molecule has 1 aromatic heterocycles. The summed E-state index contributed by atoms with van der Waals surface area (Å²) in [5.41, 5.74) is 4.07. The van der Waals surface area contributed by atoms with Gasteiger partial charge in [-0.25, -0.2) is 0 Å². The number of imide groups is 1. The number of benzene rings is 2. The Morgan fingerprint density at radius 1 is 1.19 bits per heavy atom. The van der Waals surface area contributed by atoms with Gasteiger partial charge < -0.3 is 9.64 Å². The van der Waals surface area contributed by atoms with Gasteiger partial charge in [-0.3, -0.25) is 29.3 Å². The van der Waals surface area contributed by atoms with Crippen LogP contribution in [0.25, 0.3) is 10.9 Å². The van der Waals surface area contributed by atoms with Crippen molar-refractivity contribution in [2.45, 2.75) is 50.2 Å². The molecule has 0 bridgehead atoms. The second-order valence-electron chi connectivity index (χ2n) is 10.7. The molecule has 4 aliphatic heterocycles. The molecule has 190 valence electrons. The highest BCUT2D eigenvalue weighted by atomic mass is 16.5. The molecule has 2 saturated heterocycles. The summed E-state index contributed by atoms with van der Waals surface area (Å²) in [5, 5.41) is 7.22. The van der Waals surface area contributed by atoms with Crippen LogP contribution in [0.5, 0.6) is 5.75 Å². The number of fused-ring (bicyclic) bond motifs is 5. The van der Waals surface area contributed by atoms with Gasteiger partial charge in [-0.2, -0.15) is 5.10 Å². The van der Waals surface area contributed by atoms with E-state index >= 15 is 0 Å². The fraction of sp³-hybridized carbons (Fsp3) is 0.429. The Kier molecular flexibility index (Phi) is 4.27. The smallest absolute Gasteiger partial charge is 0.255 e. The van der Waals surface area contributed by atoms with Crippen molar-refractivity contribution in [2.24, 2.45) is 6.98 Å². The molecule has 3 aromatic rings. The average molecular weight is 503 g/mol. The molecule has 5 heterocycles. The minimum Gasteiger partial charge on any atom is -0.492 e. The maximum absolute atomic E-state index is 13.2. The summed E-state index contributed by atoms with van der Waals surface area (Å²) >= 11 is 0. The van der Waals surface area contributed by atoms with Crippen LogP contribution in [-0.4, -0.2) is 63.0 Å². The molecular weight excluding hydrogens is 470 g/mol. The largest absolute Gasteiger partial charge is 0.492 e. The lowest BCUT2D eigenvalue weighted by molar-refractivity contribution is -0.136. The lowest BCUT2D eigenvalue weighted by atomic mass is 9.74. The number of carbonyl (C=O) groups excluding carboxylic acids is 3. The van der Waals surface area contributed by atoms with Gasteiger partial charge in [0.2, 0.25) is 11.8 Å². The molecule has 1 atom stereocenters. The minimum absolute atomic E-state index is 0.129. The predicted molar refractivity (Wildman–Crippen MR) is 135 cm³/mol. The first-order valence-electron chi connectivity index (χ1n) is 14.3. The average Bonchev–Trinajstić information content (AvgIpc) is 3.60. The number of ether oxygens (including phenoxy) is 1. The van der Waals surface area contributed by atoms with Crippen molar-refractivity contribution in [1.29, 1.82) is 0 Å². The third kappa shape index (κ3) is 3.48. The van der Waals surface area contributed by atoms with Crippen molar-refractivity contribution in [3.8, 4) is 5.75 Å². The van der Waals surface area contributed by atoms with Crippen LogP contribution in [0.2, 0.25) is 0 Å². The highest BCUT2D eigenvalue weighted by Crippen LogP contribution is 2.49. The monoisotopic (exact) mass is 502 g/mol. The molecule has 1 N–H and O–H groups in total. The van der Waals surface area contributed by atoms with Gasteiger partial charge in [-0.1, -0.05) is 18.2 Å². The molecule has 9 nitrogen and oxygen atoms in total. The molecule has 1 spiro atoms. The summed E-state index contributed by atoms with van der Waals surface area (Å²) in [6.07, 6.45) is 3.94. The fourth-order valence-electron chi connectivity index (χ4n) is 6.46. The highest BCUT2D eigenvalue weighted by molar-refractivity contribution is 6.05. The van der Waals surface area contributed by atoms with Crippen molar-refractivity contribution >= 4 is 28.6 Å². The Labute approximate surface area is 218 Å². The molecule has 37 heavy (non-hydrogen) atoms. The minimum atomic E-state index is -2.32. The zero-order valence-electron chi connectivity index (χ0n) is 23.3. The number of hydrogen-bond donors (Lipinski definition) is 1. The van der Waals surface area contributed by atoms with Crippen molar-refractivity contribution in [2.75, 3.05) is 19.7 Å². The predicted octanol–water partition coefficient (Wildman–Crippen LogP) is 2.26. The number of likely N-dealkylation sites (tertiary alicyclic amines) is 1. The van der Waals surface area contributed by atoms with Gasteiger partial charge in [0.15, 0.2) is 0 Å². The number of amides is 3. The van der Waals surface area contributed by atoms with E-state index in [4.69, 9.17) is 8.85 Å². The first kappa shape index (κ1) is 19.4. The number of aromatic nitrogens is 2. The Bertz CT molecular complexity index is 1570. The molecule has 2 aromatic carbocycles. The topological polar surface area (TPSA) is 96.8 Å². The fourth-order valence-corrected chi connectivity index (χ4v) is 6.46. The third-order valence-corrected chi connectivity index (χ3v) is 8.59. The molecule has 2 fully saturated rings. The van der Waals surface area contributed by atoms with Crippen LogP contribution in [0, 0.1) is 0 Å². The van der Waals surface area contributed by atoms with Crippen LogP contribution in [0.3, 0.4) is 0 Å². The van der Waals surface area contributed by atoms with Gasteiger partial charge in [-0.15, -0.1) is 0 Å². The van der Waals surface area contributed by atoms with Gasteiger partial charge in [0.25, 0.3) is 5.91 Å². The molecule has 3 amide bonds. The number of nitrogens with zero attached hydrogens (tertiary/aromatic N) is 4. The van der Waals surface area contributed by atoms with Crippen LogP contribution >= 0.6 is 0 Å². The summed E-state index contributed by atoms with van der Waals surface area (Å²) in [4.78, 5) is 41.2. The second kappa shape index (κ2) is 8.14. The normalized spacial score (nSPS) is 24.4.